The van der Waals surface area contributed by atoms with Gasteiger partial charge < -0.3 is 0 Å². The molecular formula is C12H17N3O2. The lowest BCUT2D eigenvalue weighted by atomic mass is 10.2. The van der Waals surface area contributed by atoms with Crippen LogP contribution in [0.25, 0.3) is 0 Å². The smallest absolute Gasteiger partial charge is 0.242 e. The summed E-state index contributed by atoms with van der Waals surface area (Å²) in [7, 11) is 0. The first-order chi connectivity index (χ1) is 8.22. The van der Waals surface area contributed by atoms with E-state index in [4.69, 9.17) is 0 Å². The van der Waals surface area contributed by atoms with E-state index in [1.807, 2.05) is 13.0 Å². The zero-order valence-corrected chi connectivity index (χ0v) is 9.90. The fourth-order valence-electron chi connectivity index (χ4n) is 1.27. The molecular weight excluding hydrogens is 218 g/mol. The normalized spacial score (nSPS) is 9.71. The van der Waals surface area contributed by atoms with E-state index in [1.165, 1.54) is 0 Å². The lowest BCUT2D eigenvalue weighted by molar-refractivity contribution is -0.128. The fourth-order valence-corrected chi connectivity index (χ4v) is 1.27. The lowest BCUT2D eigenvalue weighted by Crippen LogP contribution is -2.42. The molecule has 0 saturated heterocycles. The maximum Gasteiger partial charge on any atom is 0.242 e. The number of amides is 2. The molecule has 5 heteroatoms. The Balaban J connectivity index is 2.24. The molecule has 0 aromatic carbocycles. The maximum atomic E-state index is 11.4. The third-order valence-corrected chi connectivity index (χ3v) is 2.19. The summed E-state index contributed by atoms with van der Waals surface area (Å²) in [6, 6.07) is 3.58. The summed E-state index contributed by atoms with van der Waals surface area (Å²) in [4.78, 5) is 26.6. The Labute approximate surface area is 101 Å². The van der Waals surface area contributed by atoms with E-state index in [0.29, 0.717) is 6.42 Å². The molecule has 2 N–H and O–H groups in total. The minimum Gasteiger partial charge on any atom is -0.273 e. The number of rotatable bonds is 5. The van der Waals surface area contributed by atoms with E-state index < -0.39 is 0 Å². The van der Waals surface area contributed by atoms with Crippen LogP contribution in [0.1, 0.15) is 31.7 Å². The number of carbonyl (C=O) groups is 2. The molecule has 0 radical (unpaired) electrons. The summed E-state index contributed by atoms with van der Waals surface area (Å²) >= 11 is 0. The van der Waals surface area contributed by atoms with Crippen molar-refractivity contribution in [1.29, 1.82) is 0 Å². The van der Waals surface area contributed by atoms with Crippen LogP contribution in [0.5, 0.6) is 0 Å². The summed E-state index contributed by atoms with van der Waals surface area (Å²) in [5.74, 6) is -0.408. The van der Waals surface area contributed by atoms with Gasteiger partial charge in [-0.3, -0.25) is 25.4 Å². The average molecular weight is 235 g/mol. The Hall–Kier alpha value is -1.91. The average Bonchev–Trinajstić information content (AvgIpc) is 2.35. The second kappa shape index (κ2) is 7.38. The summed E-state index contributed by atoms with van der Waals surface area (Å²) in [5, 5.41) is 0. The molecule has 17 heavy (non-hydrogen) atoms. The monoisotopic (exact) mass is 235 g/mol. The summed E-state index contributed by atoms with van der Waals surface area (Å²) in [6.07, 6.45) is 5.69. The highest BCUT2D eigenvalue weighted by Crippen LogP contribution is 1.96. The summed E-state index contributed by atoms with van der Waals surface area (Å²) in [6.45, 7) is 2.01. The molecule has 5 nitrogen and oxygen atoms in total. The summed E-state index contributed by atoms with van der Waals surface area (Å²) in [5.41, 5.74) is 5.56. The molecule has 92 valence electrons. The van der Waals surface area contributed by atoms with Crippen molar-refractivity contribution in [3.8, 4) is 0 Å². The van der Waals surface area contributed by atoms with Crippen molar-refractivity contribution in [3.63, 3.8) is 0 Å². The van der Waals surface area contributed by atoms with Gasteiger partial charge in [-0.15, -0.1) is 0 Å². The van der Waals surface area contributed by atoms with Gasteiger partial charge in [0, 0.05) is 18.8 Å². The van der Waals surface area contributed by atoms with E-state index >= 15 is 0 Å². The Bertz CT molecular complexity index is 365. The Morgan fingerprint density at radius 3 is 2.71 bits per heavy atom. The van der Waals surface area contributed by atoms with Crippen molar-refractivity contribution in [2.75, 3.05) is 0 Å². The van der Waals surface area contributed by atoms with Gasteiger partial charge >= 0.3 is 0 Å². The van der Waals surface area contributed by atoms with Gasteiger partial charge in [0.1, 0.15) is 0 Å². The fraction of sp³-hybridized carbons (Fsp3) is 0.417. The van der Waals surface area contributed by atoms with E-state index in [-0.39, 0.29) is 18.2 Å². The number of aromatic nitrogens is 1. The molecule has 0 bridgehead atoms. The Kier molecular flexibility index (Phi) is 5.71. The first kappa shape index (κ1) is 13.2. The number of nitrogens with one attached hydrogen (secondary N) is 2. The number of unbranched alkanes of at least 4 members (excludes halogenated alkanes) is 1. The zero-order chi connectivity index (χ0) is 12.5. The van der Waals surface area contributed by atoms with Crippen LogP contribution < -0.4 is 10.9 Å². The second-order valence-corrected chi connectivity index (χ2v) is 3.74. The van der Waals surface area contributed by atoms with Crippen molar-refractivity contribution in [1.82, 2.24) is 15.8 Å². The van der Waals surface area contributed by atoms with Gasteiger partial charge in [-0.25, -0.2) is 0 Å². The molecule has 1 aromatic heterocycles. The van der Waals surface area contributed by atoms with Crippen molar-refractivity contribution >= 4 is 11.8 Å². The Morgan fingerprint density at radius 1 is 1.29 bits per heavy atom. The largest absolute Gasteiger partial charge is 0.273 e. The number of hydrazine groups is 1. The third kappa shape index (κ3) is 5.65. The second-order valence-electron chi connectivity index (χ2n) is 3.74. The molecule has 0 spiro atoms. The molecule has 0 atom stereocenters. The van der Waals surface area contributed by atoms with E-state index in [0.717, 1.165) is 18.4 Å². The number of pyridine rings is 1. The van der Waals surface area contributed by atoms with E-state index in [1.54, 1.807) is 18.5 Å². The van der Waals surface area contributed by atoms with Crippen molar-refractivity contribution in [2.24, 2.45) is 0 Å². The van der Waals surface area contributed by atoms with Gasteiger partial charge in [-0.1, -0.05) is 19.4 Å². The van der Waals surface area contributed by atoms with Gasteiger partial charge in [-0.05, 0) is 18.1 Å². The van der Waals surface area contributed by atoms with Crippen LogP contribution in [-0.4, -0.2) is 16.8 Å². The third-order valence-electron chi connectivity index (χ3n) is 2.19. The molecule has 1 aromatic rings. The van der Waals surface area contributed by atoms with Crippen LogP contribution in [0.4, 0.5) is 0 Å². The lowest BCUT2D eigenvalue weighted by Gasteiger charge is -2.06. The molecule has 0 aliphatic heterocycles. The van der Waals surface area contributed by atoms with Crippen molar-refractivity contribution in [3.05, 3.63) is 30.1 Å². The zero-order valence-electron chi connectivity index (χ0n) is 9.90. The van der Waals surface area contributed by atoms with Crippen LogP contribution in [0.3, 0.4) is 0 Å². The van der Waals surface area contributed by atoms with Crippen LogP contribution in [0.15, 0.2) is 24.5 Å². The van der Waals surface area contributed by atoms with Crippen molar-refractivity contribution < 1.29 is 9.59 Å². The molecule has 0 unspecified atom stereocenters. The topological polar surface area (TPSA) is 71.1 Å². The molecule has 2 amide bonds. The van der Waals surface area contributed by atoms with Gasteiger partial charge in [0.05, 0.1) is 6.42 Å². The van der Waals surface area contributed by atoms with Crippen LogP contribution in [0, 0.1) is 0 Å². The molecule has 1 rings (SSSR count). The molecule has 0 aliphatic rings. The minimum absolute atomic E-state index is 0.161. The van der Waals surface area contributed by atoms with Gasteiger partial charge in [0.25, 0.3) is 0 Å². The van der Waals surface area contributed by atoms with E-state index in [2.05, 4.69) is 15.8 Å². The SMILES string of the molecule is CCCCC(=O)NNC(=O)Cc1cccnc1. The maximum absolute atomic E-state index is 11.4. The Morgan fingerprint density at radius 2 is 2.06 bits per heavy atom. The first-order valence-electron chi connectivity index (χ1n) is 5.69. The molecule has 0 saturated carbocycles. The quantitative estimate of drug-likeness (QED) is 0.747. The number of hydrogen-bond acceptors (Lipinski definition) is 3. The van der Waals surface area contributed by atoms with E-state index in [9.17, 15) is 9.59 Å². The predicted molar refractivity (Wildman–Crippen MR) is 63.8 cm³/mol. The predicted octanol–water partition coefficient (Wildman–Crippen LogP) is 0.962. The van der Waals surface area contributed by atoms with Crippen LogP contribution >= 0.6 is 0 Å². The minimum atomic E-state index is -0.247. The summed E-state index contributed by atoms with van der Waals surface area (Å²) < 4.78 is 0. The molecule has 0 aliphatic carbocycles. The number of carbonyl (C=O) groups excluding carboxylic acids is 2. The number of hydrogen-bond donors (Lipinski definition) is 2. The van der Waals surface area contributed by atoms with Crippen molar-refractivity contribution in [2.45, 2.75) is 32.6 Å². The van der Waals surface area contributed by atoms with Gasteiger partial charge in [-0.2, -0.15) is 0 Å². The number of nitrogens with zero attached hydrogens (tertiary/aromatic N) is 1. The van der Waals surface area contributed by atoms with Gasteiger partial charge in [0.15, 0.2) is 0 Å². The van der Waals surface area contributed by atoms with Gasteiger partial charge in [0.2, 0.25) is 11.8 Å². The standard InChI is InChI=1S/C12H17N3O2/c1-2-3-6-11(16)14-15-12(17)8-10-5-4-7-13-9-10/h4-5,7,9H,2-3,6,8H2,1H3,(H,14,16)(H,15,17). The highest BCUT2D eigenvalue weighted by atomic mass is 16.2. The van der Waals surface area contributed by atoms with Crippen LogP contribution in [0.2, 0.25) is 0 Å². The highest BCUT2D eigenvalue weighted by Gasteiger charge is 2.05. The molecule has 0 fully saturated rings. The molecule has 1 heterocycles. The highest BCUT2D eigenvalue weighted by molar-refractivity contribution is 5.83. The van der Waals surface area contributed by atoms with Crippen LogP contribution in [-0.2, 0) is 16.0 Å². The first-order valence-corrected chi connectivity index (χ1v) is 5.69.